The number of ether oxygens (including phenoxy) is 2. The quantitative estimate of drug-likeness (QED) is 0.547. The van der Waals surface area contributed by atoms with Gasteiger partial charge in [0.1, 0.15) is 5.75 Å². The highest BCUT2D eigenvalue weighted by atomic mass is 32.2. The van der Waals surface area contributed by atoms with Gasteiger partial charge in [-0.25, -0.2) is 8.42 Å². The number of nitrogens with zero attached hydrogens (tertiary/aromatic N) is 1. The molecule has 0 saturated heterocycles. The lowest BCUT2D eigenvalue weighted by molar-refractivity contribution is -0.146. The molecule has 32 heavy (non-hydrogen) atoms. The fraction of sp³-hybridized carbons (Fsp3) is 0.391. The first-order valence-corrected chi connectivity index (χ1v) is 11.9. The number of benzene rings is 2. The van der Waals surface area contributed by atoms with E-state index in [4.69, 9.17) is 9.47 Å². The highest BCUT2D eigenvalue weighted by Crippen LogP contribution is 2.49. The Morgan fingerprint density at radius 2 is 1.62 bits per heavy atom. The summed E-state index contributed by atoms with van der Waals surface area (Å²) in [5.41, 5.74) is 0.791. The van der Waals surface area contributed by atoms with E-state index in [1.165, 1.54) is 19.2 Å². The lowest BCUT2D eigenvalue weighted by atomic mass is 9.96. The number of rotatable bonds is 10. The largest absolute Gasteiger partial charge is 0.494 e. The van der Waals surface area contributed by atoms with Crippen LogP contribution in [0.4, 0.5) is 5.69 Å². The normalized spacial score (nSPS) is 14.6. The van der Waals surface area contributed by atoms with Crippen molar-refractivity contribution in [1.82, 2.24) is 4.31 Å². The van der Waals surface area contributed by atoms with Gasteiger partial charge in [-0.3, -0.25) is 9.59 Å². The number of sulfonamides is 1. The van der Waals surface area contributed by atoms with Crippen LogP contribution in [0.3, 0.4) is 0 Å². The van der Waals surface area contributed by atoms with Gasteiger partial charge < -0.3 is 14.8 Å². The van der Waals surface area contributed by atoms with Crippen LogP contribution in [0, 0.1) is 0 Å². The van der Waals surface area contributed by atoms with Crippen molar-refractivity contribution < 1.29 is 27.5 Å². The summed E-state index contributed by atoms with van der Waals surface area (Å²) in [5.74, 6) is -0.120. The van der Waals surface area contributed by atoms with Gasteiger partial charge in [-0.1, -0.05) is 12.1 Å². The minimum atomic E-state index is -3.83. The van der Waals surface area contributed by atoms with Crippen molar-refractivity contribution in [2.24, 2.45) is 0 Å². The van der Waals surface area contributed by atoms with Gasteiger partial charge in [-0.15, -0.1) is 0 Å². The van der Waals surface area contributed by atoms with E-state index < -0.39 is 21.3 Å². The van der Waals surface area contributed by atoms with Crippen molar-refractivity contribution in [2.75, 3.05) is 32.1 Å². The van der Waals surface area contributed by atoms with E-state index >= 15 is 0 Å². The minimum absolute atomic E-state index is 0.0781. The summed E-state index contributed by atoms with van der Waals surface area (Å²) in [7, 11) is -2.47. The summed E-state index contributed by atoms with van der Waals surface area (Å²) in [6.45, 7) is 4.09. The topological polar surface area (TPSA) is 102 Å². The molecule has 0 bridgehead atoms. The molecule has 0 unspecified atom stereocenters. The van der Waals surface area contributed by atoms with Crippen molar-refractivity contribution in [3.8, 4) is 5.75 Å². The first-order valence-electron chi connectivity index (χ1n) is 10.5. The third-order valence-electron chi connectivity index (χ3n) is 5.35. The molecule has 0 aromatic heterocycles. The Labute approximate surface area is 188 Å². The number of hydrogen-bond acceptors (Lipinski definition) is 6. The Hall–Kier alpha value is -2.91. The van der Waals surface area contributed by atoms with Crippen LogP contribution < -0.4 is 10.1 Å². The molecule has 1 aliphatic carbocycles. The lowest BCUT2D eigenvalue weighted by Crippen LogP contribution is -2.35. The van der Waals surface area contributed by atoms with Crippen LogP contribution in [-0.4, -0.2) is 51.4 Å². The second-order valence-corrected chi connectivity index (χ2v) is 9.64. The molecule has 1 aliphatic rings. The Morgan fingerprint density at radius 1 is 1.00 bits per heavy atom. The average molecular weight is 461 g/mol. The standard InChI is InChI=1S/C23H28N2O6S/c1-4-30-19-10-12-20(13-11-19)32(28,29)25(3)16-21(26)24-18-8-6-17(7-9-18)23(14-15-23)22(27)31-5-2/h6-13H,4-5,14-16H2,1-3H3,(H,24,26). The van der Waals surface area contributed by atoms with E-state index in [1.807, 2.05) is 6.92 Å². The van der Waals surface area contributed by atoms with Crippen LogP contribution in [0.2, 0.25) is 0 Å². The molecule has 0 aliphatic heterocycles. The van der Waals surface area contributed by atoms with E-state index in [0.29, 0.717) is 24.7 Å². The first kappa shape index (κ1) is 23.7. The third kappa shape index (κ3) is 5.11. The minimum Gasteiger partial charge on any atom is -0.494 e. The maximum Gasteiger partial charge on any atom is 0.316 e. The summed E-state index contributed by atoms with van der Waals surface area (Å²) in [5, 5.41) is 2.69. The molecule has 0 heterocycles. The molecular weight excluding hydrogens is 432 g/mol. The van der Waals surface area contributed by atoms with E-state index in [2.05, 4.69) is 5.32 Å². The fourth-order valence-corrected chi connectivity index (χ4v) is 4.55. The van der Waals surface area contributed by atoms with Gasteiger partial charge in [0.2, 0.25) is 15.9 Å². The Bertz CT molecular complexity index is 1060. The SMILES string of the molecule is CCOC(=O)C1(c2ccc(NC(=O)CN(C)S(=O)(=O)c3ccc(OCC)cc3)cc2)CC1. The summed E-state index contributed by atoms with van der Waals surface area (Å²) in [4.78, 5) is 24.7. The molecule has 8 nitrogen and oxygen atoms in total. The van der Waals surface area contributed by atoms with Gasteiger partial charge in [0.05, 0.1) is 30.1 Å². The molecule has 2 aromatic rings. The molecule has 1 N–H and O–H groups in total. The molecule has 172 valence electrons. The van der Waals surface area contributed by atoms with E-state index in [1.54, 1.807) is 43.3 Å². The summed E-state index contributed by atoms with van der Waals surface area (Å²) in [6, 6.07) is 13.0. The second kappa shape index (κ2) is 9.70. The van der Waals surface area contributed by atoms with Crippen LogP contribution in [0.25, 0.3) is 0 Å². The van der Waals surface area contributed by atoms with Crippen LogP contribution in [0.5, 0.6) is 5.75 Å². The number of esters is 1. The third-order valence-corrected chi connectivity index (χ3v) is 7.16. The maximum absolute atomic E-state index is 12.7. The molecule has 1 fully saturated rings. The number of hydrogen-bond donors (Lipinski definition) is 1. The van der Waals surface area contributed by atoms with Gasteiger partial charge in [0, 0.05) is 12.7 Å². The predicted molar refractivity (Wildman–Crippen MR) is 120 cm³/mol. The van der Waals surface area contributed by atoms with Crippen LogP contribution in [0.15, 0.2) is 53.4 Å². The zero-order valence-corrected chi connectivity index (χ0v) is 19.3. The van der Waals surface area contributed by atoms with Gasteiger partial charge >= 0.3 is 5.97 Å². The lowest BCUT2D eigenvalue weighted by Gasteiger charge is -2.18. The average Bonchev–Trinajstić information content (AvgIpc) is 3.57. The van der Waals surface area contributed by atoms with Crippen molar-refractivity contribution in [3.05, 3.63) is 54.1 Å². The zero-order chi connectivity index (χ0) is 23.4. The number of anilines is 1. The van der Waals surface area contributed by atoms with Crippen molar-refractivity contribution in [2.45, 2.75) is 37.0 Å². The number of amides is 1. The first-order chi connectivity index (χ1) is 15.2. The Balaban J connectivity index is 1.61. The summed E-state index contributed by atoms with van der Waals surface area (Å²) < 4.78 is 36.9. The van der Waals surface area contributed by atoms with E-state index in [-0.39, 0.29) is 17.4 Å². The molecule has 9 heteroatoms. The number of carbonyl (C=O) groups excluding carboxylic acids is 2. The summed E-state index contributed by atoms with van der Waals surface area (Å²) >= 11 is 0. The number of likely N-dealkylation sites (N-methyl/N-ethyl adjacent to an activating group) is 1. The van der Waals surface area contributed by atoms with E-state index in [0.717, 1.165) is 22.7 Å². The number of nitrogens with one attached hydrogen (secondary N) is 1. The Morgan fingerprint density at radius 3 is 2.16 bits per heavy atom. The van der Waals surface area contributed by atoms with Gasteiger partial charge in [0.15, 0.2) is 0 Å². The maximum atomic E-state index is 12.7. The van der Waals surface area contributed by atoms with E-state index in [9.17, 15) is 18.0 Å². The zero-order valence-electron chi connectivity index (χ0n) is 18.5. The van der Waals surface area contributed by atoms with Crippen molar-refractivity contribution >= 4 is 27.6 Å². The van der Waals surface area contributed by atoms with Crippen molar-refractivity contribution in [1.29, 1.82) is 0 Å². The fourth-order valence-electron chi connectivity index (χ4n) is 3.42. The van der Waals surface area contributed by atoms with Crippen LogP contribution in [0.1, 0.15) is 32.3 Å². The molecule has 0 radical (unpaired) electrons. The van der Waals surface area contributed by atoms with Crippen LogP contribution in [-0.2, 0) is 29.8 Å². The smallest absolute Gasteiger partial charge is 0.316 e. The molecule has 2 aromatic carbocycles. The molecule has 1 amide bonds. The highest BCUT2D eigenvalue weighted by Gasteiger charge is 2.52. The monoisotopic (exact) mass is 460 g/mol. The molecule has 0 atom stereocenters. The van der Waals surface area contributed by atoms with Gasteiger partial charge in [-0.05, 0) is 68.7 Å². The second-order valence-electron chi connectivity index (χ2n) is 7.59. The Kier molecular flexibility index (Phi) is 7.20. The van der Waals surface area contributed by atoms with Crippen LogP contribution >= 0.6 is 0 Å². The molecule has 0 spiro atoms. The van der Waals surface area contributed by atoms with Crippen molar-refractivity contribution in [3.63, 3.8) is 0 Å². The summed E-state index contributed by atoms with van der Waals surface area (Å²) in [6.07, 6.45) is 1.48. The van der Waals surface area contributed by atoms with Gasteiger partial charge in [-0.2, -0.15) is 4.31 Å². The molecule has 1 saturated carbocycles. The highest BCUT2D eigenvalue weighted by molar-refractivity contribution is 7.89. The molecule has 3 rings (SSSR count). The molecular formula is C23H28N2O6S. The van der Waals surface area contributed by atoms with Gasteiger partial charge in [0.25, 0.3) is 0 Å². The number of carbonyl (C=O) groups is 2. The predicted octanol–water partition coefficient (Wildman–Crippen LogP) is 2.94.